The van der Waals surface area contributed by atoms with Gasteiger partial charge in [-0.3, -0.25) is 4.98 Å². The zero-order chi connectivity index (χ0) is 18.1. The van der Waals surface area contributed by atoms with Gasteiger partial charge in [0.1, 0.15) is 17.6 Å². The monoisotopic (exact) mass is 363 g/mol. The topological polar surface area (TPSA) is 41.3 Å². The molecule has 2 aromatic heterocycles. The molecule has 132 valence electrons. The minimum absolute atomic E-state index is 0.0694. The summed E-state index contributed by atoms with van der Waals surface area (Å²) in [5.41, 5.74) is 3.30. The maximum absolute atomic E-state index is 6.00. The average molecular weight is 363 g/mol. The van der Waals surface area contributed by atoms with Crippen molar-refractivity contribution in [3.63, 3.8) is 0 Å². The number of hydrogen-bond acceptors (Lipinski definition) is 3. The number of aryl methyl sites for hydroxylation is 2. The second kappa shape index (κ2) is 6.92. The fourth-order valence-electron chi connectivity index (χ4n) is 3.43. The predicted molar refractivity (Wildman–Crippen MR) is 107 cm³/mol. The number of aromatic nitrogens is 1. The molecule has 26 heavy (non-hydrogen) atoms. The summed E-state index contributed by atoms with van der Waals surface area (Å²) in [4.78, 5) is 6.67. The summed E-state index contributed by atoms with van der Waals surface area (Å²) in [5.74, 6) is 1.77. The van der Waals surface area contributed by atoms with E-state index >= 15 is 0 Å². The van der Waals surface area contributed by atoms with E-state index in [0.717, 1.165) is 29.3 Å². The van der Waals surface area contributed by atoms with Crippen molar-refractivity contribution in [1.29, 1.82) is 0 Å². The molecule has 0 aliphatic carbocycles. The largest absolute Gasteiger partial charge is 0.464 e. The van der Waals surface area contributed by atoms with Crippen LogP contribution in [0.15, 0.2) is 65.2 Å². The van der Waals surface area contributed by atoms with Gasteiger partial charge in [0.05, 0.1) is 11.7 Å². The lowest BCUT2D eigenvalue weighted by Gasteiger charge is -2.26. The van der Waals surface area contributed by atoms with Crippen LogP contribution in [0.3, 0.4) is 0 Å². The molecule has 0 unspecified atom stereocenters. The molecular weight excluding hydrogens is 342 g/mol. The lowest BCUT2D eigenvalue weighted by Crippen LogP contribution is -2.29. The van der Waals surface area contributed by atoms with E-state index in [1.54, 1.807) is 0 Å². The van der Waals surface area contributed by atoms with Crippen molar-refractivity contribution in [2.75, 3.05) is 4.90 Å². The van der Waals surface area contributed by atoms with E-state index in [1.807, 2.05) is 43.5 Å². The molecule has 5 heteroatoms. The lowest BCUT2D eigenvalue weighted by molar-refractivity contribution is 0.418. The zero-order valence-electron chi connectivity index (χ0n) is 14.8. The third-order valence-corrected chi connectivity index (χ3v) is 5.09. The van der Waals surface area contributed by atoms with Crippen LogP contribution in [-0.4, -0.2) is 10.1 Å². The van der Waals surface area contributed by atoms with E-state index in [2.05, 4.69) is 46.4 Å². The van der Waals surface area contributed by atoms with E-state index < -0.39 is 0 Å². The summed E-state index contributed by atoms with van der Waals surface area (Å²) in [6.45, 7) is 4.11. The second-order valence-corrected chi connectivity index (χ2v) is 6.85. The summed E-state index contributed by atoms with van der Waals surface area (Å²) in [6, 6.07) is 18.3. The number of anilines is 1. The van der Waals surface area contributed by atoms with Crippen molar-refractivity contribution >= 4 is 23.0 Å². The molecular formula is C21H21N3OS. The molecule has 0 bridgehead atoms. The maximum Gasteiger partial charge on any atom is 0.174 e. The van der Waals surface area contributed by atoms with Crippen LogP contribution in [-0.2, 0) is 6.42 Å². The lowest BCUT2D eigenvalue weighted by atomic mass is 10.0. The van der Waals surface area contributed by atoms with Crippen LogP contribution in [0.4, 0.5) is 5.69 Å². The standard InChI is InChI=1S/C21H21N3OS/c1-3-15-8-10-16(11-9-15)24-20(18-12-7-14(2)25-18)19(23-21(24)26)17-6-4-5-13-22-17/h4-13,19-20H,3H2,1-2H3,(H,23,26)/t19-,20+/m1/s1. The van der Waals surface area contributed by atoms with Crippen molar-refractivity contribution in [2.45, 2.75) is 32.4 Å². The summed E-state index contributed by atoms with van der Waals surface area (Å²) < 4.78 is 6.00. The van der Waals surface area contributed by atoms with Gasteiger partial charge in [0, 0.05) is 11.9 Å². The molecule has 1 aromatic carbocycles. The fourth-order valence-corrected chi connectivity index (χ4v) is 3.77. The highest BCUT2D eigenvalue weighted by Crippen LogP contribution is 2.41. The molecule has 4 nitrogen and oxygen atoms in total. The van der Waals surface area contributed by atoms with Gasteiger partial charge in [0.25, 0.3) is 0 Å². The van der Waals surface area contributed by atoms with Gasteiger partial charge in [0.2, 0.25) is 0 Å². The minimum atomic E-state index is -0.0847. The van der Waals surface area contributed by atoms with Crippen molar-refractivity contribution in [1.82, 2.24) is 10.3 Å². The Morgan fingerprint density at radius 1 is 1.12 bits per heavy atom. The molecule has 1 aliphatic rings. The van der Waals surface area contributed by atoms with Gasteiger partial charge in [-0.2, -0.15) is 0 Å². The smallest absolute Gasteiger partial charge is 0.174 e. The van der Waals surface area contributed by atoms with Gasteiger partial charge in [-0.15, -0.1) is 0 Å². The van der Waals surface area contributed by atoms with Gasteiger partial charge in [-0.25, -0.2) is 0 Å². The van der Waals surface area contributed by atoms with Gasteiger partial charge in [-0.1, -0.05) is 25.1 Å². The molecule has 3 aromatic rings. The van der Waals surface area contributed by atoms with Crippen molar-refractivity contribution in [2.24, 2.45) is 0 Å². The first-order chi connectivity index (χ1) is 12.7. The number of nitrogens with zero attached hydrogens (tertiary/aromatic N) is 2. The number of thiocarbonyl (C=S) groups is 1. The van der Waals surface area contributed by atoms with Crippen LogP contribution in [0.5, 0.6) is 0 Å². The highest BCUT2D eigenvalue weighted by atomic mass is 32.1. The predicted octanol–water partition coefficient (Wildman–Crippen LogP) is 4.72. The Bertz CT molecular complexity index is 905. The molecule has 0 radical (unpaired) electrons. The van der Waals surface area contributed by atoms with Crippen LogP contribution in [0.25, 0.3) is 0 Å². The van der Waals surface area contributed by atoms with Crippen LogP contribution in [0, 0.1) is 6.92 Å². The average Bonchev–Trinajstić information content (AvgIpc) is 3.25. The van der Waals surface area contributed by atoms with E-state index in [1.165, 1.54) is 5.56 Å². The Morgan fingerprint density at radius 2 is 1.92 bits per heavy atom. The first kappa shape index (κ1) is 16.8. The molecule has 0 spiro atoms. The normalized spacial score (nSPS) is 19.6. The number of pyridine rings is 1. The Kier molecular flexibility index (Phi) is 4.47. The number of hydrogen-bond donors (Lipinski definition) is 1. The van der Waals surface area contributed by atoms with Gasteiger partial charge < -0.3 is 14.6 Å². The highest BCUT2D eigenvalue weighted by molar-refractivity contribution is 7.80. The molecule has 4 rings (SSSR count). The Labute approximate surface area is 158 Å². The number of benzene rings is 1. The van der Waals surface area contributed by atoms with Crippen LogP contribution in [0.1, 0.15) is 41.8 Å². The molecule has 1 aliphatic heterocycles. The molecule has 1 N–H and O–H groups in total. The second-order valence-electron chi connectivity index (χ2n) is 6.47. The van der Waals surface area contributed by atoms with Gasteiger partial charge >= 0.3 is 0 Å². The molecule has 2 atom stereocenters. The fraction of sp³-hybridized carbons (Fsp3) is 0.238. The number of nitrogens with one attached hydrogen (secondary N) is 1. The number of rotatable bonds is 4. The van der Waals surface area contributed by atoms with Crippen LogP contribution in [0.2, 0.25) is 0 Å². The van der Waals surface area contributed by atoms with E-state index in [-0.39, 0.29) is 12.1 Å². The van der Waals surface area contributed by atoms with Gasteiger partial charge in [0.15, 0.2) is 5.11 Å². The van der Waals surface area contributed by atoms with Gasteiger partial charge in [-0.05, 0) is 67.5 Å². The van der Waals surface area contributed by atoms with Crippen molar-refractivity contribution in [3.8, 4) is 0 Å². The molecule has 3 heterocycles. The Balaban J connectivity index is 1.79. The SMILES string of the molecule is CCc1ccc(N2C(=S)N[C@H](c3ccccn3)[C@@H]2c2ccc(C)o2)cc1. The quantitative estimate of drug-likeness (QED) is 0.679. The Hall–Kier alpha value is -2.66. The summed E-state index contributed by atoms with van der Waals surface area (Å²) >= 11 is 5.69. The molecule has 0 saturated carbocycles. The van der Waals surface area contributed by atoms with Crippen LogP contribution >= 0.6 is 12.2 Å². The van der Waals surface area contributed by atoms with Crippen LogP contribution < -0.4 is 10.2 Å². The zero-order valence-corrected chi connectivity index (χ0v) is 15.7. The molecule has 0 amide bonds. The maximum atomic E-state index is 6.00. The number of furan rings is 1. The molecule has 1 saturated heterocycles. The first-order valence-electron chi connectivity index (χ1n) is 8.83. The summed E-state index contributed by atoms with van der Waals surface area (Å²) in [7, 11) is 0. The first-order valence-corrected chi connectivity index (χ1v) is 9.24. The van der Waals surface area contributed by atoms with Crippen molar-refractivity contribution < 1.29 is 4.42 Å². The van der Waals surface area contributed by atoms with E-state index in [0.29, 0.717) is 5.11 Å². The third kappa shape index (κ3) is 2.99. The summed E-state index contributed by atoms with van der Waals surface area (Å²) in [6.07, 6.45) is 2.82. The minimum Gasteiger partial charge on any atom is -0.464 e. The van der Waals surface area contributed by atoms with Crippen molar-refractivity contribution in [3.05, 3.63) is 83.6 Å². The highest BCUT2D eigenvalue weighted by Gasteiger charge is 2.42. The van der Waals surface area contributed by atoms with E-state index in [4.69, 9.17) is 16.6 Å². The van der Waals surface area contributed by atoms with E-state index in [9.17, 15) is 0 Å². The Morgan fingerprint density at radius 3 is 2.54 bits per heavy atom. The molecule has 1 fully saturated rings. The third-order valence-electron chi connectivity index (χ3n) is 4.77. The summed E-state index contributed by atoms with van der Waals surface area (Å²) in [5, 5.41) is 4.12.